The first kappa shape index (κ1) is 30.0. The van der Waals surface area contributed by atoms with Gasteiger partial charge in [0.25, 0.3) is 0 Å². The van der Waals surface area contributed by atoms with Gasteiger partial charge in [-0.15, -0.1) is 0 Å². The summed E-state index contributed by atoms with van der Waals surface area (Å²) >= 11 is 0. The van der Waals surface area contributed by atoms with Gasteiger partial charge in [0, 0.05) is 17.4 Å². The van der Waals surface area contributed by atoms with Crippen LogP contribution in [0.25, 0.3) is 5.70 Å². The Balaban J connectivity index is 1.24. The molecule has 0 radical (unpaired) electrons. The maximum atomic E-state index is 6.46. The van der Waals surface area contributed by atoms with Crippen LogP contribution in [0.4, 0.5) is 11.4 Å². The molecule has 0 N–H and O–H groups in total. The lowest BCUT2D eigenvalue weighted by Crippen LogP contribution is -2.70. The van der Waals surface area contributed by atoms with E-state index in [4.69, 9.17) is 4.74 Å². The fraction of sp³-hybridized carbons (Fsp3) is 0.0833. The summed E-state index contributed by atoms with van der Waals surface area (Å²) in [4.78, 5) is 2.44. The SMILES string of the molecule is C1=CC2C([Si](c3ccccc3)(c3ccccc3)c3ccccc3)=C[C@@H]3c4ccccc4C(N4c5ccccc5Oc5ccccc54)=CC3C2C=C1. The van der Waals surface area contributed by atoms with Crippen LogP contribution in [0.3, 0.4) is 0 Å². The summed E-state index contributed by atoms with van der Waals surface area (Å²) < 4.78 is 6.46. The van der Waals surface area contributed by atoms with E-state index in [1.807, 2.05) is 0 Å². The van der Waals surface area contributed by atoms with Crippen LogP contribution in [-0.4, -0.2) is 8.07 Å². The van der Waals surface area contributed by atoms with Crippen LogP contribution in [0.5, 0.6) is 11.5 Å². The number of nitrogens with zero attached hydrogens (tertiary/aromatic N) is 1. The van der Waals surface area contributed by atoms with Crippen LogP contribution >= 0.6 is 0 Å². The smallest absolute Gasteiger partial charge is 0.175 e. The monoisotopic (exact) mass is 671 g/mol. The highest BCUT2D eigenvalue weighted by Gasteiger charge is 2.51. The van der Waals surface area contributed by atoms with Crippen LogP contribution < -0.4 is 25.2 Å². The molecule has 0 spiro atoms. The second-order valence-corrected chi connectivity index (χ2v) is 17.8. The Labute approximate surface area is 301 Å². The lowest BCUT2D eigenvalue weighted by molar-refractivity contribution is 0.356. The van der Waals surface area contributed by atoms with Gasteiger partial charge in [-0.25, -0.2) is 0 Å². The second kappa shape index (κ2) is 12.2. The fourth-order valence-corrected chi connectivity index (χ4v) is 14.7. The average Bonchev–Trinajstić information content (AvgIpc) is 3.21. The van der Waals surface area contributed by atoms with Crippen molar-refractivity contribution >= 4 is 40.7 Å². The van der Waals surface area contributed by atoms with E-state index in [0.717, 1.165) is 22.9 Å². The molecule has 6 aromatic rings. The van der Waals surface area contributed by atoms with Crippen LogP contribution in [-0.2, 0) is 0 Å². The van der Waals surface area contributed by atoms with Crippen LogP contribution in [0.15, 0.2) is 205 Å². The molecule has 0 saturated heterocycles. The number of hydrogen-bond acceptors (Lipinski definition) is 2. The Hall–Kier alpha value is -5.90. The molecule has 3 heteroatoms. The molecule has 51 heavy (non-hydrogen) atoms. The van der Waals surface area contributed by atoms with E-state index in [9.17, 15) is 0 Å². The van der Waals surface area contributed by atoms with Gasteiger partial charge in [0.2, 0.25) is 0 Å². The molecule has 4 aliphatic rings. The fourth-order valence-electron chi connectivity index (χ4n) is 9.36. The number of anilines is 2. The van der Waals surface area contributed by atoms with Gasteiger partial charge in [-0.3, -0.25) is 0 Å². The third kappa shape index (κ3) is 4.62. The highest BCUT2D eigenvalue weighted by atomic mass is 28.3. The Bertz CT molecular complexity index is 2230. The van der Waals surface area contributed by atoms with Gasteiger partial charge in [-0.2, -0.15) is 0 Å². The number of para-hydroxylation sites is 4. The molecule has 0 fully saturated rings. The number of ether oxygens (including phenoxy) is 1. The lowest BCUT2D eigenvalue weighted by Gasteiger charge is -2.49. The zero-order valence-electron chi connectivity index (χ0n) is 28.2. The summed E-state index contributed by atoms with van der Waals surface area (Å²) in [5.74, 6) is 2.77. The summed E-state index contributed by atoms with van der Waals surface area (Å²) in [5, 5.41) is 5.86. The van der Waals surface area contributed by atoms with Crippen molar-refractivity contribution in [2.45, 2.75) is 5.92 Å². The second-order valence-electron chi connectivity index (χ2n) is 14.0. The van der Waals surface area contributed by atoms with Crippen LogP contribution in [0.2, 0.25) is 0 Å². The Morgan fingerprint density at radius 2 is 0.961 bits per heavy atom. The molecule has 0 saturated carbocycles. The first-order valence-electron chi connectivity index (χ1n) is 18.0. The summed E-state index contributed by atoms with van der Waals surface area (Å²) in [7, 11) is -2.74. The number of hydrogen-bond donors (Lipinski definition) is 0. The minimum atomic E-state index is -2.74. The largest absolute Gasteiger partial charge is 0.453 e. The number of benzene rings is 6. The van der Waals surface area contributed by atoms with Gasteiger partial charge in [0.15, 0.2) is 19.6 Å². The standard InChI is InChI=1S/C48H37NOSi/c1-4-18-34(19-5-1)51(35-20-6-2-7-21-35,36-22-8-3-9-23-36)48-33-42-37-24-10-12-26-39(37)45(32-41(42)38-25-11-13-27-40(38)48)49-43-28-14-16-30-46(43)50-47-31-17-15-29-44(47)49/h1-33,38,40-42H/t38?,40?,41?,42-/m1/s1. The van der Waals surface area contributed by atoms with Crippen LogP contribution in [0, 0.1) is 17.8 Å². The molecular formula is C48H37NOSi. The van der Waals surface area contributed by atoms with Gasteiger partial charge < -0.3 is 9.64 Å². The van der Waals surface area contributed by atoms with Crippen molar-refractivity contribution in [2.24, 2.45) is 17.8 Å². The van der Waals surface area contributed by atoms with Gasteiger partial charge in [0.1, 0.15) is 0 Å². The normalized spacial score (nSPS) is 21.1. The predicted octanol–water partition coefficient (Wildman–Crippen LogP) is 9.69. The van der Waals surface area contributed by atoms with Gasteiger partial charge >= 0.3 is 0 Å². The van der Waals surface area contributed by atoms with Crippen LogP contribution in [0.1, 0.15) is 17.0 Å². The summed E-state index contributed by atoms with van der Waals surface area (Å²) in [6, 6.07) is 60.2. The Morgan fingerprint density at radius 1 is 0.451 bits per heavy atom. The molecule has 2 nitrogen and oxygen atoms in total. The molecule has 3 unspecified atom stereocenters. The summed E-state index contributed by atoms with van der Waals surface area (Å²) in [5.41, 5.74) is 6.04. The molecule has 10 rings (SSSR count). The third-order valence-electron chi connectivity index (χ3n) is 11.4. The molecule has 0 amide bonds. The van der Waals surface area contributed by atoms with Crippen molar-refractivity contribution in [3.63, 3.8) is 0 Å². The van der Waals surface area contributed by atoms with Crippen molar-refractivity contribution in [1.82, 2.24) is 0 Å². The van der Waals surface area contributed by atoms with E-state index in [2.05, 4.69) is 205 Å². The van der Waals surface area contributed by atoms with Gasteiger partial charge in [-0.05, 0) is 57.2 Å². The van der Waals surface area contributed by atoms with Gasteiger partial charge in [-0.1, -0.05) is 181 Å². The molecule has 4 atom stereocenters. The summed E-state index contributed by atoms with van der Waals surface area (Å²) in [6.07, 6.45) is 14.9. The first-order valence-corrected chi connectivity index (χ1v) is 20.0. The lowest BCUT2D eigenvalue weighted by atomic mass is 9.64. The van der Waals surface area contributed by atoms with E-state index < -0.39 is 8.07 Å². The van der Waals surface area contributed by atoms with Crippen molar-refractivity contribution in [2.75, 3.05) is 4.90 Å². The molecule has 6 aromatic carbocycles. The molecule has 1 heterocycles. The Morgan fingerprint density at radius 3 is 1.57 bits per heavy atom. The van der Waals surface area contributed by atoms with E-state index in [0.29, 0.717) is 0 Å². The Kier molecular flexibility index (Phi) is 7.14. The number of allylic oxidation sites excluding steroid dienone is 7. The maximum Gasteiger partial charge on any atom is 0.175 e. The van der Waals surface area contributed by atoms with E-state index in [1.54, 1.807) is 5.20 Å². The quantitative estimate of drug-likeness (QED) is 0.134. The molecule has 3 aliphatic carbocycles. The number of fused-ring (bicyclic) bond motifs is 7. The van der Waals surface area contributed by atoms with E-state index >= 15 is 0 Å². The van der Waals surface area contributed by atoms with Crippen molar-refractivity contribution in [1.29, 1.82) is 0 Å². The summed E-state index contributed by atoms with van der Waals surface area (Å²) in [6.45, 7) is 0. The van der Waals surface area contributed by atoms with E-state index in [-0.39, 0.29) is 23.7 Å². The molecular weight excluding hydrogens is 635 g/mol. The third-order valence-corrected chi connectivity index (χ3v) is 16.4. The minimum absolute atomic E-state index is 0.215. The average molecular weight is 672 g/mol. The van der Waals surface area contributed by atoms with Crippen molar-refractivity contribution in [3.05, 3.63) is 217 Å². The highest BCUT2D eigenvalue weighted by molar-refractivity contribution is 7.16. The zero-order chi connectivity index (χ0) is 33.8. The number of rotatable bonds is 5. The topological polar surface area (TPSA) is 12.5 Å². The molecule has 1 aliphatic heterocycles. The zero-order valence-corrected chi connectivity index (χ0v) is 29.2. The molecule has 0 aromatic heterocycles. The highest BCUT2D eigenvalue weighted by Crippen LogP contribution is 2.56. The predicted molar refractivity (Wildman–Crippen MR) is 213 cm³/mol. The van der Waals surface area contributed by atoms with Crippen molar-refractivity contribution < 1.29 is 4.74 Å². The molecule has 0 bridgehead atoms. The maximum absolute atomic E-state index is 6.46. The molecule has 244 valence electrons. The minimum Gasteiger partial charge on any atom is -0.453 e. The van der Waals surface area contributed by atoms with Crippen molar-refractivity contribution in [3.8, 4) is 11.5 Å². The first-order chi connectivity index (χ1) is 25.3. The van der Waals surface area contributed by atoms with Gasteiger partial charge in [0.05, 0.1) is 17.1 Å². The van der Waals surface area contributed by atoms with E-state index in [1.165, 1.54) is 32.4 Å².